The molecule has 2 aliphatic heterocycles. The number of hydrogen-bond donors (Lipinski definition) is 2. The molecule has 6 nitrogen and oxygen atoms in total. The monoisotopic (exact) mass is 422 g/mol. The van der Waals surface area contributed by atoms with E-state index in [1.807, 2.05) is 12.1 Å². The zero-order valence-corrected chi connectivity index (χ0v) is 18.8. The number of hydrogen-bond acceptors (Lipinski definition) is 4. The molecule has 0 aliphatic carbocycles. The minimum Gasteiger partial charge on any atom is -0.488 e. The second-order valence-corrected chi connectivity index (χ2v) is 8.63. The summed E-state index contributed by atoms with van der Waals surface area (Å²) in [5.74, 6) is 1.79. The molecule has 166 valence electrons. The molecular formula is C25H34N4O2. The highest BCUT2D eigenvalue weighted by atomic mass is 16.5. The minimum atomic E-state index is 0.140. The maximum Gasteiger partial charge on any atom is 0.191 e. The molecule has 1 saturated heterocycles. The van der Waals surface area contributed by atoms with Crippen LogP contribution >= 0.6 is 0 Å². The molecule has 6 heteroatoms. The van der Waals surface area contributed by atoms with Crippen LogP contribution in [0.5, 0.6) is 5.75 Å². The number of morpholine rings is 1. The lowest BCUT2D eigenvalue weighted by Crippen LogP contribution is -2.44. The lowest BCUT2D eigenvalue weighted by molar-refractivity contribution is -0.0704. The summed E-state index contributed by atoms with van der Waals surface area (Å²) in [5.41, 5.74) is 3.85. The van der Waals surface area contributed by atoms with Crippen molar-refractivity contribution in [3.05, 3.63) is 65.2 Å². The van der Waals surface area contributed by atoms with Crippen molar-refractivity contribution in [1.29, 1.82) is 0 Å². The molecule has 0 radical (unpaired) electrons. The van der Waals surface area contributed by atoms with Crippen LogP contribution in [0.15, 0.2) is 53.5 Å². The Morgan fingerprint density at radius 2 is 1.71 bits per heavy atom. The summed E-state index contributed by atoms with van der Waals surface area (Å²) in [5, 5.41) is 6.79. The van der Waals surface area contributed by atoms with Crippen molar-refractivity contribution >= 4 is 5.96 Å². The standard InChI is InChI=1S/C25H34N4O2/c1-18-15-29(16-19(2)30-18)17-21-10-8-20(9-11-21)13-27-25(26-3)28-14-23-12-22-6-4-5-7-24(22)31-23/h4-11,18-19,23H,12-17H2,1-3H3,(H2,26,27,28). The van der Waals surface area contributed by atoms with E-state index in [4.69, 9.17) is 9.47 Å². The van der Waals surface area contributed by atoms with E-state index in [1.165, 1.54) is 16.7 Å². The number of benzene rings is 2. The van der Waals surface area contributed by atoms with E-state index < -0.39 is 0 Å². The highest BCUT2D eigenvalue weighted by Crippen LogP contribution is 2.27. The van der Waals surface area contributed by atoms with Crippen molar-refractivity contribution < 1.29 is 9.47 Å². The van der Waals surface area contributed by atoms with E-state index in [9.17, 15) is 0 Å². The third-order valence-electron chi connectivity index (χ3n) is 5.82. The Hall–Kier alpha value is -2.57. The van der Waals surface area contributed by atoms with Gasteiger partial charge in [-0.15, -0.1) is 0 Å². The van der Waals surface area contributed by atoms with Gasteiger partial charge < -0.3 is 20.1 Å². The predicted octanol–water partition coefficient (Wildman–Crippen LogP) is 2.96. The first-order chi connectivity index (χ1) is 15.1. The van der Waals surface area contributed by atoms with Crippen LogP contribution < -0.4 is 15.4 Å². The molecule has 0 amide bonds. The maximum absolute atomic E-state index is 6.00. The Morgan fingerprint density at radius 3 is 2.42 bits per heavy atom. The lowest BCUT2D eigenvalue weighted by atomic mass is 10.1. The van der Waals surface area contributed by atoms with Gasteiger partial charge in [-0.3, -0.25) is 9.89 Å². The van der Waals surface area contributed by atoms with Gasteiger partial charge in [-0.25, -0.2) is 0 Å². The van der Waals surface area contributed by atoms with Gasteiger partial charge in [0.25, 0.3) is 0 Å². The molecule has 0 spiro atoms. The zero-order valence-electron chi connectivity index (χ0n) is 18.8. The van der Waals surface area contributed by atoms with Gasteiger partial charge in [0.1, 0.15) is 11.9 Å². The number of ether oxygens (including phenoxy) is 2. The highest BCUT2D eigenvalue weighted by molar-refractivity contribution is 5.79. The number of para-hydroxylation sites is 1. The van der Waals surface area contributed by atoms with Gasteiger partial charge in [-0.1, -0.05) is 42.5 Å². The molecular weight excluding hydrogens is 388 g/mol. The van der Waals surface area contributed by atoms with Gasteiger partial charge in [0, 0.05) is 39.6 Å². The van der Waals surface area contributed by atoms with Crippen LogP contribution in [0.3, 0.4) is 0 Å². The predicted molar refractivity (Wildman–Crippen MR) is 124 cm³/mol. The molecule has 2 aromatic rings. The number of guanidine groups is 1. The van der Waals surface area contributed by atoms with E-state index in [0.29, 0.717) is 12.2 Å². The molecule has 2 aliphatic rings. The van der Waals surface area contributed by atoms with Crippen molar-refractivity contribution in [2.24, 2.45) is 4.99 Å². The zero-order chi connectivity index (χ0) is 21.6. The quantitative estimate of drug-likeness (QED) is 0.554. The Balaban J connectivity index is 1.21. The molecule has 2 heterocycles. The fourth-order valence-corrected chi connectivity index (χ4v) is 4.42. The molecule has 0 aromatic heterocycles. The van der Waals surface area contributed by atoms with Gasteiger partial charge in [-0.2, -0.15) is 0 Å². The molecule has 3 atom stereocenters. The number of aliphatic imine (C=N–C) groups is 1. The van der Waals surface area contributed by atoms with Crippen LogP contribution in [-0.2, 0) is 24.2 Å². The van der Waals surface area contributed by atoms with Crippen molar-refractivity contribution in [1.82, 2.24) is 15.5 Å². The first kappa shape index (κ1) is 21.7. The molecule has 2 N–H and O–H groups in total. The fraction of sp³-hybridized carbons (Fsp3) is 0.480. The summed E-state index contributed by atoms with van der Waals surface area (Å²) in [6, 6.07) is 17.1. The van der Waals surface area contributed by atoms with Gasteiger partial charge in [0.05, 0.1) is 18.8 Å². The van der Waals surface area contributed by atoms with Crippen molar-refractivity contribution in [3.8, 4) is 5.75 Å². The summed E-state index contributed by atoms with van der Waals surface area (Å²) in [4.78, 5) is 6.82. The van der Waals surface area contributed by atoms with Crippen molar-refractivity contribution in [2.75, 3.05) is 26.7 Å². The SMILES string of the molecule is CN=C(NCc1ccc(CN2CC(C)OC(C)C2)cc1)NCC1Cc2ccccc2O1. The van der Waals surface area contributed by atoms with Crippen LogP contribution in [0.4, 0.5) is 0 Å². The third kappa shape index (κ3) is 5.99. The molecule has 4 rings (SSSR count). The highest BCUT2D eigenvalue weighted by Gasteiger charge is 2.23. The lowest BCUT2D eigenvalue weighted by Gasteiger charge is -2.35. The molecule has 31 heavy (non-hydrogen) atoms. The number of nitrogens with one attached hydrogen (secondary N) is 2. The Labute approximate surface area is 185 Å². The second-order valence-electron chi connectivity index (χ2n) is 8.63. The summed E-state index contributed by atoms with van der Waals surface area (Å²) >= 11 is 0. The molecule has 1 fully saturated rings. The average Bonchev–Trinajstić information content (AvgIpc) is 3.17. The molecule has 3 unspecified atom stereocenters. The van der Waals surface area contributed by atoms with E-state index >= 15 is 0 Å². The Morgan fingerprint density at radius 1 is 1.00 bits per heavy atom. The van der Waals surface area contributed by atoms with Crippen molar-refractivity contribution in [2.45, 2.75) is 51.7 Å². The van der Waals surface area contributed by atoms with E-state index in [1.54, 1.807) is 7.05 Å². The van der Waals surface area contributed by atoms with Crippen LogP contribution in [0.1, 0.15) is 30.5 Å². The molecule has 2 aromatic carbocycles. The average molecular weight is 423 g/mol. The van der Waals surface area contributed by atoms with Crippen molar-refractivity contribution in [3.63, 3.8) is 0 Å². The van der Waals surface area contributed by atoms with E-state index in [2.05, 4.69) is 70.8 Å². The van der Waals surface area contributed by atoms with Crippen LogP contribution in [0.25, 0.3) is 0 Å². The second kappa shape index (κ2) is 10.2. The van der Waals surface area contributed by atoms with Gasteiger partial charge in [0.2, 0.25) is 0 Å². The minimum absolute atomic E-state index is 0.140. The topological polar surface area (TPSA) is 58.1 Å². The van der Waals surface area contributed by atoms with Gasteiger partial charge >= 0.3 is 0 Å². The largest absolute Gasteiger partial charge is 0.488 e. The normalized spacial score (nSPS) is 23.8. The summed E-state index contributed by atoms with van der Waals surface area (Å²) in [7, 11) is 1.80. The first-order valence-corrected chi connectivity index (χ1v) is 11.2. The number of rotatable bonds is 6. The smallest absolute Gasteiger partial charge is 0.191 e. The van der Waals surface area contributed by atoms with Crippen LogP contribution in [0.2, 0.25) is 0 Å². The first-order valence-electron chi connectivity index (χ1n) is 11.2. The van der Waals surface area contributed by atoms with Gasteiger partial charge in [0.15, 0.2) is 5.96 Å². The van der Waals surface area contributed by atoms with E-state index in [0.717, 1.165) is 50.9 Å². The van der Waals surface area contributed by atoms with Crippen LogP contribution in [0, 0.1) is 0 Å². The number of nitrogens with zero attached hydrogens (tertiary/aromatic N) is 2. The summed E-state index contributed by atoms with van der Waals surface area (Å²) in [6.07, 6.45) is 1.67. The fourth-order valence-electron chi connectivity index (χ4n) is 4.42. The third-order valence-corrected chi connectivity index (χ3v) is 5.82. The summed E-state index contributed by atoms with van der Waals surface area (Å²) < 4.78 is 11.8. The molecule has 0 saturated carbocycles. The Bertz CT molecular complexity index is 848. The van der Waals surface area contributed by atoms with Gasteiger partial charge in [-0.05, 0) is 36.6 Å². The van der Waals surface area contributed by atoms with Crippen LogP contribution in [-0.4, -0.2) is 55.9 Å². The molecule has 0 bridgehead atoms. The Kier molecular flexibility index (Phi) is 7.10. The maximum atomic E-state index is 6.00. The summed E-state index contributed by atoms with van der Waals surface area (Å²) in [6.45, 7) is 8.71. The number of fused-ring (bicyclic) bond motifs is 1. The van der Waals surface area contributed by atoms with E-state index in [-0.39, 0.29) is 6.10 Å².